The van der Waals surface area contributed by atoms with Crippen LogP contribution in [0.15, 0.2) is 35.5 Å². The van der Waals surface area contributed by atoms with Crippen LogP contribution in [-0.2, 0) is 52.9 Å². The molecule has 4 aliphatic rings. The molecule has 1 aliphatic carbocycles. The number of ether oxygens (including phenoxy) is 5. The molecule has 3 heterocycles. The number of carbonyl (C=O) groups excluding carboxylic acids is 4. The second-order valence-corrected chi connectivity index (χ2v) is 23.7. The van der Waals surface area contributed by atoms with Crippen molar-refractivity contribution in [1.82, 2.24) is 9.21 Å². The second-order valence-electron chi connectivity index (χ2n) is 21.7. The molecule has 0 unspecified atom stereocenters. The third-order valence-corrected chi connectivity index (χ3v) is 18.0. The summed E-state index contributed by atoms with van der Waals surface area (Å²) in [6.07, 6.45) is 11.6. The molecule has 3 N–H and O–H groups in total. The molecule has 17 heteroatoms. The minimum Gasteiger partial charge on any atom is -0.461 e. The van der Waals surface area contributed by atoms with E-state index in [0.29, 0.717) is 69.9 Å². The van der Waals surface area contributed by atoms with E-state index in [1.807, 2.05) is 52.8 Å². The molecule has 1 amide bonds. The minimum atomic E-state index is -3.49. The molecule has 0 spiro atoms. The van der Waals surface area contributed by atoms with Gasteiger partial charge in [-0.25, -0.2) is 13.2 Å². The van der Waals surface area contributed by atoms with Crippen LogP contribution >= 0.6 is 0 Å². The Balaban J connectivity index is 1.53. The highest BCUT2D eigenvalue weighted by molar-refractivity contribution is 7.89. The number of sulfonamides is 1. The van der Waals surface area contributed by atoms with Gasteiger partial charge >= 0.3 is 5.97 Å². The van der Waals surface area contributed by atoms with E-state index in [1.54, 1.807) is 21.0 Å². The van der Waals surface area contributed by atoms with Crippen LogP contribution in [0.4, 0.5) is 0 Å². The Kier molecular flexibility index (Phi) is 24.7. The Morgan fingerprint density at radius 1 is 0.889 bits per heavy atom. The van der Waals surface area contributed by atoms with Crippen molar-refractivity contribution in [2.75, 3.05) is 46.3 Å². The van der Waals surface area contributed by atoms with Crippen molar-refractivity contribution in [3.8, 4) is 0 Å². The molecule has 0 aromatic heterocycles. The Hall–Kier alpha value is -2.87. The van der Waals surface area contributed by atoms with Crippen molar-refractivity contribution in [1.29, 1.82) is 0 Å². The van der Waals surface area contributed by atoms with Crippen LogP contribution in [0.2, 0.25) is 0 Å². The molecule has 1 saturated carbocycles. The number of piperidine rings is 1. The maximum Gasteiger partial charge on any atom is 0.329 e. The number of methoxy groups -OCH3 is 2. The zero-order chi connectivity index (χ0) is 53.5. The van der Waals surface area contributed by atoms with Gasteiger partial charge in [0, 0.05) is 45.2 Å². The lowest BCUT2D eigenvalue weighted by molar-refractivity contribution is -0.264. The van der Waals surface area contributed by atoms with E-state index in [4.69, 9.17) is 23.7 Å². The van der Waals surface area contributed by atoms with Gasteiger partial charge in [-0.15, -0.1) is 0 Å². The number of aliphatic hydroxyl groups excluding tert-OH is 2. The fourth-order valence-electron chi connectivity index (χ4n) is 11.7. The summed E-state index contributed by atoms with van der Waals surface area (Å²) >= 11 is 0. The minimum absolute atomic E-state index is 0.0509. The van der Waals surface area contributed by atoms with Gasteiger partial charge in [0.2, 0.25) is 15.8 Å². The molecule has 0 aromatic rings. The predicted molar refractivity (Wildman–Crippen MR) is 276 cm³/mol. The number of nitrogens with zero attached hydrogens (tertiary/aromatic N) is 2. The molecule has 4 fully saturated rings. The molecule has 412 valence electrons. The SMILES string of the molecule is C/C=C/[C@@H](C)C[C@@H](C)C(=O)[C@H](OC)[C@H](O)/C(C)=C/[C@@H](C)CC[C@H](OC(=O)[C@@H]1CCCCN1C(=O)C(=O)[C@]1(O)O[C@H](C[C@H](/C(C)=C/C)N2CCCS2(=O)=O)CC[C@H]1C)[C@H](C)C[C@@H]1CC[C@@H](OCCO)[C@H](OC)C1. The monoisotopic (exact) mass is 1040 g/mol. The van der Waals surface area contributed by atoms with Gasteiger partial charge in [0.1, 0.15) is 24.4 Å². The maximum atomic E-state index is 14.6. The number of amides is 1. The number of ketones is 2. The average molecular weight is 1040 g/mol. The highest BCUT2D eigenvalue weighted by atomic mass is 32.2. The highest BCUT2D eigenvalue weighted by Gasteiger charge is 2.53. The number of carbonyl (C=O) groups is 4. The maximum absolute atomic E-state index is 14.6. The quantitative estimate of drug-likeness (QED) is 0.0435. The molecule has 15 atom stereocenters. The van der Waals surface area contributed by atoms with Gasteiger partial charge in [0.15, 0.2) is 5.78 Å². The van der Waals surface area contributed by atoms with Gasteiger partial charge in [-0.2, -0.15) is 4.31 Å². The van der Waals surface area contributed by atoms with Gasteiger partial charge < -0.3 is 43.9 Å². The summed E-state index contributed by atoms with van der Waals surface area (Å²) in [5.74, 6) is -6.29. The smallest absolute Gasteiger partial charge is 0.329 e. The van der Waals surface area contributed by atoms with E-state index >= 15 is 0 Å². The topological polar surface area (TPSA) is 216 Å². The van der Waals surface area contributed by atoms with Crippen molar-refractivity contribution >= 4 is 33.5 Å². The fourth-order valence-corrected chi connectivity index (χ4v) is 13.4. The van der Waals surface area contributed by atoms with Crippen LogP contribution in [-0.4, -0.2) is 157 Å². The summed E-state index contributed by atoms with van der Waals surface area (Å²) < 4.78 is 57.5. The summed E-state index contributed by atoms with van der Waals surface area (Å²) in [7, 11) is -0.399. The molecule has 3 aliphatic heterocycles. The molecule has 0 radical (unpaired) electrons. The van der Waals surface area contributed by atoms with Gasteiger partial charge in [-0.1, -0.05) is 64.5 Å². The molecule has 16 nitrogen and oxygen atoms in total. The van der Waals surface area contributed by atoms with Gasteiger partial charge in [0.25, 0.3) is 11.7 Å². The third kappa shape index (κ3) is 16.3. The summed E-state index contributed by atoms with van der Waals surface area (Å²) in [5.41, 5.74) is 1.42. The predicted octanol–water partition coefficient (Wildman–Crippen LogP) is 6.88. The normalized spacial score (nSPS) is 30.0. The first kappa shape index (κ1) is 61.7. The number of aliphatic hydroxyl groups is 3. The van der Waals surface area contributed by atoms with Crippen LogP contribution in [0.25, 0.3) is 0 Å². The number of likely N-dealkylation sites (tertiary alicyclic amines) is 1. The number of Topliss-reactive ketones (excluding diaryl/α,β-unsaturated/α-hetero) is 2. The number of hydrogen-bond donors (Lipinski definition) is 3. The van der Waals surface area contributed by atoms with Crippen molar-refractivity contribution in [3.05, 3.63) is 35.5 Å². The molecule has 3 saturated heterocycles. The summed E-state index contributed by atoms with van der Waals surface area (Å²) in [4.78, 5) is 58.1. The van der Waals surface area contributed by atoms with E-state index < -0.39 is 75.9 Å². The van der Waals surface area contributed by atoms with Crippen molar-refractivity contribution in [2.45, 2.75) is 207 Å². The van der Waals surface area contributed by atoms with Gasteiger partial charge in [-0.3, -0.25) is 14.4 Å². The van der Waals surface area contributed by atoms with E-state index in [2.05, 4.69) is 19.9 Å². The van der Waals surface area contributed by atoms with Gasteiger partial charge in [0.05, 0.1) is 37.3 Å². The number of rotatable bonds is 27. The van der Waals surface area contributed by atoms with Crippen LogP contribution in [0.5, 0.6) is 0 Å². The Labute approximate surface area is 431 Å². The lowest BCUT2D eigenvalue weighted by atomic mass is 9.78. The molecular formula is C55H92N2O14S. The summed E-state index contributed by atoms with van der Waals surface area (Å²) in [6.45, 7) is 17.7. The molecule has 72 heavy (non-hydrogen) atoms. The Bertz CT molecular complexity index is 1970. The first-order valence-corrected chi connectivity index (χ1v) is 28.6. The zero-order valence-electron chi connectivity index (χ0n) is 45.5. The van der Waals surface area contributed by atoms with Crippen LogP contribution in [0.3, 0.4) is 0 Å². The lowest BCUT2D eigenvalue weighted by Crippen LogP contribution is -2.61. The van der Waals surface area contributed by atoms with Crippen LogP contribution in [0.1, 0.15) is 152 Å². The molecular weight excluding hydrogens is 945 g/mol. The van der Waals surface area contributed by atoms with Crippen LogP contribution < -0.4 is 0 Å². The Morgan fingerprint density at radius 2 is 1.61 bits per heavy atom. The van der Waals surface area contributed by atoms with Crippen molar-refractivity contribution in [2.24, 2.45) is 35.5 Å². The number of hydrogen-bond acceptors (Lipinski definition) is 14. The van der Waals surface area contributed by atoms with Crippen molar-refractivity contribution < 1.29 is 66.6 Å². The average Bonchev–Trinajstić information content (AvgIpc) is 3.71. The van der Waals surface area contributed by atoms with Crippen molar-refractivity contribution in [3.63, 3.8) is 0 Å². The molecule has 4 rings (SSSR count). The Morgan fingerprint density at radius 3 is 2.24 bits per heavy atom. The third-order valence-electron chi connectivity index (χ3n) is 16.1. The second kappa shape index (κ2) is 28.9. The molecule has 0 bridgehead atoms. The fraction of sp³-hybridized carbons (Fsp3) is 0.818. The first-order valence-electron chi connectivity index (χ1n) is 27.0. The largest absolute Gasteiger partial charge is 0.461 e. The van der Waals surface area contributed by atoms with Gasteiger partial charge in [-0.05, 0) is 147 Å². The number of esters is 1. The molecule has 0 aromatic carbocycles. The van der Waals surface area contributed by atoms with Crippen LogP contribution in [0, 0.1) is 35.5 Å². The first-order chi connectivity index (χ1) is 34.1. The van der Waals surface area contributed by atoms with E-state index in [1.165, 1.54) is 16.3 Å². The zero-order valence-corrected chi connectivity index (χ0v) is 46.3. The standard InChI is InChI=1S/C55H92N2O14S/c1-12-17-35(3)30-39(7)49(59)51(68-11)50(60)40(8)31-36(4)19-23-46(38(6)32-42-21-24-47(69-28-27-58)48(33-42)67-10)70-54(63)44-18-14-15-25-56(44)53(62)52(61)55(64)41(9)20-22-43(71-55)34-45(37(5)13-2)57-26-16-29-72(57,65)66/h12-13,17,31,35-36,38-39,41-48,50-51,58,60,64H,14-16,18-30,32-34H2,1-11H3/b17-12+,37-13+,40-31+/t35-,36+,38-,39-,41-,42+,43+,44+,45-,46+,47-,48-,50-,51+,55-/m1/s1. The van der Waals surface area contributed by atoms with E-state index in [-0.39, 0.29) is 85.9 Å². The lowest BCUT2D eigenvalue weighted by Gasteiger charge is -2.43. The highest BCUT2D eigenvalue weighted by Crippen LogP contribution is 2.39. The number of allylic oxidation sites excluding steroid dienone is 4. The summed E-state index contributed by atoms with van der Waals surface area (Å²) in [5, 5.41) is 32.9. The van der Waals surface area contributed by atoms with E-state index in [0.717, 1.165) is 24.8 Å². The van der Waals surface area contributed by atoms with E-state index in [9.17, 15) is 42.9 Å². The summed E-state index contributed by atoms with van der Waals surface area (Å²) in [6, 6.07) is -1.61.